The summed E-state index contributed by atoms with van der Waals surface area (Å²) in [6.07, 6.45) is 2.04. The van der Waals surface area contributed by atoms with Crippen molar-refractivity contribution in [3.63, 3.8) is 0 Å². The molecule has 21 heavy (non-hydrogen) atoms. The summed E-state index contributed by atoms with van der Waals surface area (Å²) >= 11 is 0. The topological polar surface area (TPSA) is 95.8 Å². The van der Waals surface area contributed by atoms with E-state index in [4.69, 9.17) is 5.26 Å². The van der Waals surface area contributed by atoms with Gasteiger partial charge in [-0.15, -0.1) is 0 Å². The molecule has 6 nitrogen and oxygen atoms in total. The highest BCUT2D eigenvalue weighted by molar-refractivity contribution is 7.85. The van der Waals surface area contributed by atoms with Crippen molar-refractivity contribution in [2.45, 2.75) is 19.1 Å². The molecule has 0 fully saturated rings. The molecule has 0 aliphatic carbocycles. The molecule has 1 aromatic heterocycles. The lowest BCUT2D eigenvalue weighted by Crippen LogP contribution is -2.08. The number of imidazole rings is 1. The second-order valence-corrected chi connectivity index (χ2v) is 6.09. The van der Waals surface area contributed by atoms with Gasteiger partial charge in [-0.3, -0.25) is 4.18 Å². The molecule has 0 saturated heterocycles. The molecule has 0 amide bonds. The number of rotatable bonds is 6. The summed E-state index contributed by atoms with van der Waals surface area (Å²) in [7, 11) is -3.56. The van der Waals surface area contributed by atoms with E-state index in [-0.39, 0.29) is 12.4 Å². The van der Waals surface area contributed by atoms with Gasteiger partial charge in [0.2, 0.25) is 0 Å². The van der Waals surface area contributed by atoms with Crippen molar-refractivity contribution in [2.24, 2.45) is 0 Å². The molecule has 0 unspecified atom stereocenters. The Kier molecular flexibility index (Phi) is 4.73. The fourth-order valence-electron chi connectivity index (χ4n) is 1.87. The normalized spacial score (nSPS) is 11.2. The first-order chi connectivity index (χ1) is 10.0. The van der Waals surface area contributed by atoms with E-state index in [1.165, 1.54) is 6.20 Å². The van der Waals surface area contributed by atoms with Crippen LogP contribution in [0.15, 0.2) is 30.5 Å². The molecule has 0 saturated carbocycles. The van der Waals surface area contributed by atoms with Crippen LogP contribution in [0.2, 0.25) is 0 Å². The van der Waals surface area contributed by atoms with Crippen LogP contribution in [0.4, 0.5) is 0 Å². The van der Waals surface area contributed by atoms with E-state index in [0.717, 1.165) is 5.56 Å². The molecule has 2 rings (SSSR count). The fourth-order valence-corrected chi connectivity index (χ4v) is 2.84. The Morgan fingerprint density at radius 3 is 2.67 bits per heavy atom. The Labute approximate surface area is 123 Å². The second kappa shape index (κ2) is 6.52. The van der Waals surface area contributed by atoms with E-state index in [2.05, 4.69) is 20.2 Å². The number of benzene rings is 1. The van der Waals surface area contributed by atoms with Gasteiger partial charge in [-0.25, -0.2) is 4.98 Å². The summed E-state index contributed by atoms with van der Waals surface area (Å²) in [6.45, 7) is 1.75. The van der Waals surface area contributed by atoms with Gasteiger partial charge >= 0.3 is 0 Å². The molecule has 2 aromatic rings. The molecule has 0 bridgehead atoms. The SMILES string of the molecule is CCOS(=O)(=O)Cc1cnc(Cc2ccc(C#N)cc2)[nH]1. The molecule has 1 N–H and O–H groups in total. The first kappa shape index (κ1) is 15.2. The van der Waals surface area contributed by atoms with Gasteiger partial charge in [0.15, 0.2) is 0 Å². The van der Waals surface area contributed by atoms with Crippen LogP contribution in [-0.2, 0) is 26.5 Å². The Morgan fingerprint density at radius 1 is 1.33 bits per heavy atom. The first-order valence-corrected chi connectivity index (χ1v) is 7.99. The first-order valence-electron chi connectivity index (χ1n) is 6.41. The lowest BCUT2D eigenvalue weighted by molar-refractivity contribution is 0.337. The van der Waals surface area contributed by atoms with Crippen LogP contribution >= 0.6 is 0 Å². The number of nitriles is 1. The zero-order chi connectivity index (χ0) is 15.3. The predicted octanol–water partition coefficient (Wildman–Crippen LogP) is 1.74. The number of hydrogen-bond donors (Lipinski definition) is 1. The van der Waals surface area contributed by atoms with Crippen LogP contribution in [0.3, 0.4) is 0 Å². The minimum absolute atomic E-state index is 0.120. The molecular formula is C14H15N3O3S. The van der Waals surface area contributed by atoms with Gasteiger partial charge in [0.05, 0.1) is 23.9 Å². The maximum absolute atomic E-state index is 11.5. The lowest BCUT2D eigenvalue weighted by atomic mass is 10.1. The van der Waals surface area contributed by atoms with Gasteiger partial charge < -0.3 is 4.98 Å². The van der Waals surface area contributed by atoms with Gasteiger partial charge in [-0.1, -0.05) is 12.1 Å². The molecule has 1 aromatic carbocycles. The molecule has 0 radical (unpaired) electrons. The van der Waals surface area contributed by atoms with Crippen LogP contribution in [0.25, 0.3) is 0 Å². The Balaban J connectivity index is 2.04. The molecule has 0 spiro atoms. The van der Waals surface area contributed by atoms with Gasteiger partial charge in [-0.05, 0) is 24.6 Å². The van der Waals surface area contributed by atoms with Gasteiger partial charge in [-0.2, -0.15) is 13.7 Å². The summed E-state index contributed by atoms with van der Waals surface area (Å²) in [5.74, 6) is 0.447. The van der Waals surface area contributed by atoms with Crippen molar-refractivity contribution in [1.82, 2.24) is 9.97 Å². The zero-order valence-corrected chi connectivity index (χ0v) is 12.4. The predicted molar refractivity (Wildman–Crippen MR) is 76.8 cm³/mol. The van der Waals surface area contributed by atoms with Crippen molar-refractivity contribution in [1.29, 1.82) is 5.26 Å². The van der Waals surface area contributed by atoms with E-state index < -0.39 is 10.1 Å². The highest BCUT2D eigenvalue weighted by Gasteiger charge is 2.13. The third-order valence-corrected chi connectivity index (χ3v) is 4.02. The largest absolute Gasteiger partial charge is 0.345 e. The van der Waals surface area contributed by atoms with Gasteiger partial charge in [0, 0.05) is 12.6 Å². The smallest absolute Gasteiger partial charge is 0.273 e. The van der Waals surface area contributed by atoms with E-state index >= 15 is 0 Å². The maximum atomic E-state index is 11.5. The second-order valence-electron chi connectivity index (χ2n) is 4.45. The third-order valence-electron chi connectivity index (χ3n) is 2.77. The number of H-pyrrole nitrogens is 1. The third kappa shape index (κ3) is 4.41. The number of aromatic nitrogens is 2. The summed E-state index contributed by atoms with van der Waals surface area (Å²) < 4.78 is 27.8. The molecule has 0 atom stereocenters. The van der Waals surface area contributed by atoms with Crippen LogP contribution in [-0.4, -0.2) is 25.0 Å². The van der Waals surface area contributed by atoms with E-state index in [1.54, 1.807) is 19.1 Å². The summed E-state index contributed by atoms with van der Waals surface area (Å²) in [5, 5.41) is 8.74. The van der Waals surface area contributed by atoms with Crippen molar-refractivity contribution in [3.8, 4) is 6.07 Å². The van der Waals surface area contributed by atoms with Crippen molar-refractivity contribution >= 4 is 10.1 Å². The van der Waals surface area contributed by atoms with Gasteiger partial charge in [0.1, 0.15) is 11.6 Å². The minimum atomic E-state index is -3.56. The van der Waals surface area contributed by atoms with Crippen LogP contribution in [0.5, 0.6) is 0 Å². The molecular weight excluding hydrogens is 290 g/mol. The van der Waals surface area contributed by atoms with Crippen molar-refractivity contribution < 1.29 is 12.6 Å². The number of nitrogens with one attached hydrogen (secondary N) is 1. The summed E-state index contributed by atoms with van der Waals surface area (Å²) in [4.78, 5) is 7.13. The van der Waals surface area contributed by atoms with Crippen LogP contribution < -0.4 is 0 Å². The summed E-state index contributed by atoms with van der Waals surface area (Å²) in [5.41, 5.74) is 2.08. The standard InChI is InChI=1S/C14H15N3O3S/c1-2-20-21(18,19)10-13-9-16-14(17-13)7-11-3-5-12(8-15)6-4-11/h3-6,9H,2,7,10H2,1H3,(H,16,17). The zero-order valence-electron chi connectivity index (χ0n) is 11.5. The van der Waals surface area contributed by atoms with Crippen LogP contribution in [0, 0.1) is 11.3 Å². The molecule has 1 heterocycles. The Hall–Kier alpha value is -2.17. The summed E-state index contributed by atoms with van der Waals surface area (Å²) in [6, 6.07) is 9.22. The molecule has 0 aliphatic heterocycles. The van der Waals surface area contributed by atoms with Crippen LogP contribution in [0.1, 0.15) is 29.6 Å². The highest BCUT2D eigenvalue weighted by Crippen LogP contribution is 2.10. The quantitative estimate of drug-likeness (QED) is 0.820. The average Bonchev–Trinajstić information content (AvgIpc) is 2.86. The monoisotopic (exact) mass is 305 g/mol. The van der Waals surface area contributed by atoms with Gasteiger partial charge in [0.25, 0.3) is 10.1 Å². The molecule has 110 valence electrons. The number of nitrogens with zero attached hydrogens (tertiary/aromatic N) is 2. The van der Waals surface area contributed by atoms with E-state index in [9.17, 15) is 8.42 Å². The van der Waals surface area contributed by atoms with Crippen molar-refractivity contribution in [2.75, 3.05) is 6.61 Å². The Morgan fingerprint density at radius 2 is 2.05 bits per heavy atom. The Bertz CT molecular complexity index is 743. The van der Waals surface area contributed by atoms with Crippen molar-refractivity contribution in [3.05, 3.63) is 53.1 Å². The number of aromatic amines is 1. The van der Waals surface area contributed by atoms with E-state index in [0.29, 0.717) is 23.5 Å². The maximum Gasteiger partial charge on any atom is 0.273 e. The molecule has 0 aliphatic rings. The molecule has 7 heteroatoms. The van der Waals surface area contributed by atoms with E-state index in [1.807, 2.05) is 12.1 Å². The number of hydrogen-bond acceptors (Lipinski definition) is 5. The highest BCUT2D eigenvalue weighted by atomic mass is 32.2. The lowest BCUT2D eigenvalue weighted by Gasteiger charge is -2.01. The minimum Gasteiger partial charge on any atom is -0.345 e. The average molecular weight is 305 g/mol. The fraction of sp³-hybridized carbons (Fsp3) is 0.286.